The number of nitrogens with zero attached hydrogens (tertiary/aromatic N) is 1. The van der Waals surface area contributed by atoms with Crippen LogP contribution >= 0.6 is 11.3 Å². The number of aryl methyl sites for hydroxylation is 2. The maximum atomic E-state index is 4.76. The standard InChI is InChI=1S/C23H19NS/c1-16-3-6-18(7-4-16)8-9-19-10-12-20(13-11-19)23-24-21-14-5-17(2)15-22(21)25-23/h3-15H,1-2H3/b9-8+. The Morgan fingerprint density at radius 1 is 0.720 bits per heavy atom. The number of aromatic nitrogens is 1. The molecule has 122 valence electrons. The Morgan fingerprint density at radius 2 is 1.32 bits per heavy atom. The molecule has 0 aliphatic heterocycles. The van der Waals surface area contributed by atoms with Crippen molar-refractivity contribution < 1.29 is 0 Å². The molecule has 1 nitrogen and oxygen atoms in total. The van der Waals surface area contributed by atoms with Crippen LogP contribution in [0.15, 0.2) is 66.7 Å². The lowest BCUT2D eigenvalue weighted by molar-refractivity contribution is 1.45. The largest absolute Gasteiger partial charge is 0.236 e. The van der Waals surface area contributed by atoms with Gasteiger partial charge in [-0.25, -0.2) is 4.98 Å². The fourth-order valence-electron chi connectivity index (χ4n) is 2.76. The van der Waals surface area contributed by atoms with Crippen molar-refractivity contribution >= 4 is 33.7 Å². The van der Waals surface area contributed by atoms with E-state index in [1.54, 1.807) is 11.3 Å². The lowest BCUT2D eigenvalue weighted by Crippen LogP contribution is -1.78. The molecule has 25 heavy (non-hydrogen) atoms. The van der Waals surface area contributed by atoms with Crippen LogP contribution in [0.2, 0.25) is 0 Å². The Balaban J connectivity index is 1.57. The van der Waals surface area contributed by atoms with E-state index in [1.165, 1.54) is 32.5 Å². The molecule has 4 aromatic rings. The molecule has 0 N–H and O–H groups in total. The third-order valence-corrected chi connectivity index (χ3v) is 5.31. The highest BCUT2D eigenvalue weighted by Gasteiger charge is 2.06. The van der Waals surface area contributed by atoms with Crippen molar-refractivity contribution in [3.8, 4) is 10.6 Å². The number of benzene rings is 3. The zero-order chi connectivity index (χ0) is 17.2. The van der Waals surface area contributed by atoms with E-state index in [-0.39, 0.29) is 0 Å². The summed E-state index contributed by atoms with van der Waals surface area (Å²) in [5, 5.41) is 1.08. The Kier molecular flexibility index (Phi) is 4.21. The predicted octanol–water partition coefficient (Wildman–Crippen LogP) is 6.75. The number of hydrogen-bond acceptors (Lipinski definition) is 2. The van der Waals surface area contributed by atoms with Gasteiger partial charge in [-0.2, -0.15) is 0 Å². The van der Waals surface area contributed by atoms with Gasteiger partial charge in [-0.05, 0) is 42.7 Å². The molecule has 0 amide bonds. The number of thiazole rings is 1. The first kappa shape index (κ1) is 15.8. The second-order valence-electron chi connectivity index (χ2n) is 6.36. The Bertz CT molecular complexity index is 1040. The molecular formula is C23H19NS. The fraction of sp³-hybridized carbons (Fsp3) is 0.0870. The Labute approximate surface area is 152 Å². The van der Waals surface area contributed by atoms with Crippen molar-refractivity contribution in [2.75, 3.05) is 0 Å². The Hall–Kier alpha value is -2.71. The second-order valence-corrected chi connectivity index (χ2v) is 7.39. The van der Waals surface area contributed by atoms with Gasteiger partial charge in [-0.3, -0.25) is 0 Å². The van der Waals surface area contributed by atoms with Gasteiger partial charge in [0, 0.05) is 5.56 Å². The molecule has 0 unspecified atom stereocenters. The lowest BCUT2D eigenvalue weighted by Gasteiger charge is -1.98. The van der Waals surface area contributed by atoms with Crippen molar-refractivity contribution in [1.82, 2.24) is 4.98 Å². The number of fused-ring (bicyclic) bond motifs is 1. The monoisotopic (exact) mass is 341 g/mol. The Morgan fingerprint density at radius 3 is 2.00 bits per heavy atom. The van der Waals surface area contributed by atoms with Gasteiger partial charge in [0.1, 0.15) is 5.01 Å². The van der Waals surface area contributed by atoms with Crippen molar-refractivity contribution in [3.05, 3.63) is 89.0 Å². The fourth-order valence-corrected chi connectivity index (χ4v) is 3.83. The summed E-state index contributed by atoms with van der Waals surface area (Å²) in [5.74, 6) is 0. The molecule has 0 aliphatic rings. The number of rotatable bonds is 3. The summed E-state index contributed by atoms with van der Waals surface area (Å²) in [6, 6.07) is 23.6. The zero-order valence-electron chi connectivity index (χ0n) is 14.4. The molecule has 0 fully saturated rings. The maximum absolute atomic E-state index is 4.76. The molecule has 1 heterocycles. The van der Waals surface area contributed by atoms with Crippen LogP contribution < -0.4 is 0 Å². The molecule has 0 saturated carbocycles. The van der Waals surface area contributed by atoms with Crippen molar-refractivity contribution in [3.63, 3.8) is 0 Å². The summed E-state index contributed by atoms with van der Waals surface area (Å²) in [5.41, 5.74) is 7.23. The van der Waals surface area contributed by atoms with Gasteiger partial charge in [-0.15, -0.1) is 11.3 Å². The third kappa shape index (κ3) is 3.54. The molecule has 0 bridgehead atoms. The molecule has 0 atom stereocenters. The maximum Gasteiger partial charge on any atom is 0.124 e. The van der Waals surface area contributed by atoms with Crippen LogP contribution in [0.4, 0.5) is 0 Å². The highest BCUT2D eigenvalue weighted by molar-refractivity contribution is 7.21. The van der Waals surface area contributed by atoms with Crippen LogP contribution in [0.25, 0.3) is 32.9 Å². The van der Waals surface area contributed by atoms with Crippen LogP contribution in [0.5, 0.6) is 0 Å². The van der Waals surface area contributed by atoms with Crippen molar-refractivity contribution in [2.24, 2.45) is 0 Å². The molecule has 0 aliphatic carbocycles. The summed E-state index contributed by atoms with van der Waals surface area (Å²) in [6.07, 6.45) is 4.30. The SMILES string of the molecule is Cc1ccc(/C=C/c2ccc(-c3nc4ccc(C)cc4s3)cc2)cc1. The summed E-state index contributed by atoms with van der Waals surface area (Å²) < 4.78 is 1.25. The van der Waals surface area contributed by atoms with Gasteiger partial charge in [0.15, 0.2) is 0 Å². The highest BCUT2D eigenvalue weighted by Crippen LogP contribution is 2.30. The average molecular weight is 341 g/mol. The van der Waals surface area contributed by atoms with E-state index < -0.39 is 0 Å². The van der Waals surface area contributed by atoms with Crippen molar-refractivity contribution in [2.45, 2.75) is 13.8 Å². The zero-order valence-corrected chi connectivity index (χ0v) is 15.2. The third-order valence-electron chi connectivity index (χ3n) is 4.25. The first-order chi connectivity index (χ1) is 12.2. The van der Waals surface area contributed by atoms with E-state index >= 15 is 0 Å². The number of hydrogen-bond donors (Lipinski definition) is 0. The highest BCUT2D eigenvalue weighted by atomic mass is 32.1. The van der Waals surface area contributed by atoms with Crippen molar-refractivity contribution in [1.29, 1.82) is 0 Å². The molecule has 0 spiro atoms. The predicted molar refractivity (Wildman–Crippen MR) is 110 cm³/mol. The van der Waals surface area contributed by atoms with Gasteiger partial charge < -0.3 is 0 Å². The van der Waals surface area contributed by atoms with Gasteiger partial charge in [0.25, 0.3) is 0 Å². The molecule has 2 heteroatoms. The van der Waals surface area contributed by atoms with Crippen LogP contribution in [0.3, 0.4) is 0 Å². The second kappa shape index (κ2) is 6.66. The van der Waals surface area contributed by atoms with E-state index in [0.29, 0.717) is 0 Å². The average Bonchev–Trinajstić information content (AvgIpc) is 3.05. The lowest BCUT2D eigenvalue weighted by atomic mass is 10.1. The van der Waals surface area contributed by atoms with Gasteiger partial charge in [-0.1, -0.05) is 72.3 Å². The first-order valence-corrected chi connectivity index (χ1v) is 9.21. The molecule has 0 radical (unpaired) electrons. The molecule has 3 aromatic carbocycles. The van der Waals surface area contributed by atoms with Crippen LogP contribution in [-0.2, 0) is 0 Å². The minimum atomic E-state index is 1.08. The van der Waals surface area contributed by atoms with E-state index in [2.05, 4.69) is 92.7 Å². The molecular weight excluding hydrogens is 322 g/mol. The topological polar surface area (TPSA) is 12.9 Å². The van der Waals surface area contributed by atoms with Crippen LogP contribution in [0, 0.1) is 13.8 Å². The van der Waals surface area contributed by atoms with Gasteiger partial charge in [0.2, 0.25) is 0 Å². The quantitative estimate of drug-likeness (QED) is 0.376. The van der Waals surface area contributed by atoms with Crippen LogP contribution in [-0.4, -0.2) is 4.98 Å². The van der Waals surface area contributed by atoms with E-state index in [9.17, 15) is 0 Å². The minimum Gasteiger partial charge on any atom is -0.236 e. The normalized spacial score (nSPS) is 11.4. The van der Waals surface area contributed by atoms with E-state index in [4.69, 9.17) is 4.98 Å². The van der Waals surface area contributed by atoms with E-state index in [1.807, 2.05) is 0 Å². The smallest absolute Gasteiger partial charge is 0.124 e. The summed E-state index contributed by atoms with van der Waals surface area (Å²) in [4.78, 5) is 4.76. The molecule has 4 rings (SSSR count). The van der Waals surface area contributed by atoms with E-state index in [0.717, 1.165) is 10.5 Å². The molecule has 1 aromatic heterocycles. The summed E-state index contributed by atoms with van der Waals surface area (Å²) in [7, 11) is 0. The van der Waals surface area contributed by atoms with Gasteiger partial charge >= 0.3 is 0 Å². The first-order valence-electron chi connectivity index (χ1n) is 8.40. The summed E-state index contributed by atoms with van der Waals surface area (Å²) >= 11 is 1.75. The van der Waals surface area contributed by atoms with Gasteiger partial charge in [0.05, 0.1) is 10.2 Å². The summed E-state index contributed by atoms with van der Waals surface area (Å²) in [6.45, 7) is 4.23. The molecule has 0 saturated heterocycles. The minimum absolute atomic E-state index is 1.08. The van der Waals surface area contributed by atoms with Crippen LogP contribution in [0.1, 0.15) is 22.3 Å².